The van der Waals surface area contributed by atoms with E-state index in [1.165, 1.54) is 41.5 Å². The minimum atomic E-state index is -0.471. The van der Waals surface area contributed by atoms with E-state index in [-0.39, 0.29) is 6.10 Å². The van der Waals surface area contributed by atoms with Gasteiger partial charge in [-0.25, -0.2) is 0 Å². The molecule has 1 fully saturated rings. The third kappa shape index (κ3) is 5.19. The Hall–Kier alpha value is -1.68. The molecule has 0 aliphatic carbocycles. The van der Waals surface area contributed by atoms with Crippen LogP contribution in [0.15, 0.2) is 48.5 Å². The van der Waals surface area contributed by atoms with Gasteiger partial charge >= 0.3 is 0 Å². The standard InChI is InChI=1S/C24H33NO2/c1-18-10-4-6-13-22(18)24(23-14-7-5-11-19(23)2)27-17-21(26)16-25-15-9-8-12-20(25)3/h4-7,10-11,13-14,20-21,24,26H,8-9,12,15-17H2,1-3H3/t20-,21-/m1/s1. The normalized spacial score (nSPS) is 19.4. The molecule has 3 rings (SSSR count). The van der Waals surface area contributed by atoms with Crippen molar-refractivity contribution in [3.8, 4) is 0 Å². The van der Waals surface area contributed by atoms with Crippen LogP contribution in [0.3, 0.4) is 0 Å². The Kier molecular flexibility index (Phi) is 7.06. The summed E-state index contributed by atoms with van der Waals surface area (Å²) in [6.45, 7) is 8.62. The van der Waals surface area contributed by atoms with Gasteiger partial charge in [-0.2, -0.15) is 0 Å². The lowest BCUT2D eigenvalue weighted by Crippen LogP contribution is -2.43. The van der Waals surface area contributed by atoms with Crippen molar-refractivity contribution >= 4 is 0 Å². The van der Waals surface area contributed by atoms with Crippen molar-refractivity contribution in [3.05, 3.63) is 70.8 Å². The van der Waals surface area contributed by atoms with Crippen molar-refractivity contribution in [1.29, 1.82) is 0 Å². The second kappa shape index (κ2) is 9.50. The minimum absolute atomic E-state index is 0.152. The first kappa shape index (κ1) is 20.1. The molecular formula is C24H33NO2. The molecule has 0 bridgehead atoms. The molecule has 0 aromatic heterocycles. The van der Waals surface area contributed by atoms with Crippen LogP contribution in [0, 0.1) is 13.8 Å². The zero-order valence-corrected chi connectivity index (χ0v) is 16.9. The van der Waals surface area contributed by atoms with Gasteiger partial charge in [0.2, 0.25) is 0 Å². The molecule has 1 aliphatic heterocycles. The predicted molar refractivity (Wildman–Crippen MR) is 111 cm³/mol. The van der Waals surface area contributed by atoms with Crippen LogP contribution >= 0.6 is 0 Å². The maximum atomic E-state index is 10.6. The molecule has 1 heterocycles. The highest BCUT2D eigenvalue weighted by molar-refractivity contribution is 5.38. The van der Waals surface area contributed by atoms with Gasteiger partial charge in [-0.15, -0.1) is 0 Å². The molecule has 2 aromatic carbocycles. The second-order valence-electron chi connectivity index (χ2n) is 7.92. The van der Waals surface area contributed by atoms with Gasteiger partial charge in [0, 0.05) is 12.6 Å². The molecule has 27 heavy (non-hydrogen) atoms. The van der Waals surface area contributed by atoms with Crippen molar-refractivity contribution < 1.29 is 9.84 Å². The van der Waals surface area contributed by atoms with Crippen molar-refractivity contribution in [1.82, 2.24) is 4.90 Å². The van der Waals surface area contributed by atoms with Gasteiger partial charge in [-0.3, -0.25) is 4.90 Å². The van der Waals surface area contributed by atoms with E-state index in [4.69, 9.17) is 4.74 Å². The van der Waals surface area contributed by atoms with Crippen molar-refractivity contribution in [3.63, 3.8) is 0 Å². The number of hydrogen-bond donors (Lipinski definition) is 1. The third-order valence-corrected chi connectivity index (χ3v) is 5.78. The van der Waals surface area contributed by atoms with E-state index >= 15 is 0 Å². The number of rotatable bonds is 7. The molecule has 3 heteroatoms. The van der Waals surface area contributed by atoms with Crippen LogP contribution < -0.4 is 0 Å². The summed E-state index contributed by atoms with van der Waals surface area (Å²) < 4.78 is 6.34. The average molecular weight is 368 g/mol. The fourth-order valence-corrected chi connectivity index (χ4v) is 4.07. The molecule has 0 saturated carbocycles. The van der Waals surface area contributed by atoms with Crippen LogP contribution in [-0.4, -0.2) is 41.8 Å². The number of β-amino-alcohol motifs (C(OH)–C–C–N with tert-alkyl or cyclic N) is 1. The van der Waals surface area contributed by atoms with Gasteiger partial charge in [-0.05, 0) is 62.4 Å². The lowest BCUT2D eigenvalue weighted by molar-refractivity contribution is -0.0172. The highest BCUT2D eigenvalue weighted by Crippen LogP contribution is 2.30. The molecular weight excluding hydrogens is 334 g/mol. The maximum absolute atomic E-state index is 10.6. The third-order valence-electron chi connectivity index (χ3n) is 5.78. The van der Waals surface area contributed by atoms with Gasteiger partial charge in [0.05, 0.1) is 12.7 Å². The highest BCUT2D eigenvalue weighted by Gasteiger charge is 2.23. The summed E-state index contributed by atoms with van der Waals surface area (Å²) in [5, 5.41) is 10.6. The van der Waals surface area contributed by atoms with E-state index in [9.17, 15) is 5.11 Å². The molecule has 1 N–H and O–H groups in total. The lowest BCUT2D eigenvalue weighted by Gasteiger charge is -2.35. The van der Waals surface area contributed by atoms with E-state index < -0.39 is 6.10 Å². The summed E-state index contributed by atoms with van der Waals surface area (Å²) in [7, 11) is 0. The highest BCUT2D eigenvalue weighted by atomic mass is 16.5. The van der Waals surface area contributed by atoms with Gasteiger partial charge in [-0.1, -0.05) is 55.0 Å². The quantitative estimate of drug-likeness (QED) is 0.773. The molecule has 1 aliphatic rings. The van der Waals surface area contributed by atoms with Crippen molar-refractivity contribution in [2.75, 3.05) is 19.7 Å². The average Bonchev–Trinajstić information content (AvgIpc) is 2.66. The van der Waals surface area contributed by atoms with Crippen LogP contribution in [0.5, 0.6) is 0 Å². The number of ether oxygens (including phenoxy) is 1. The Morgan fingerprint density at radius 2 is 1.59 bits per heavy atom. The Labute approximate surface area is 164 Å². The molecule has 146 valence electrons. The maximum Gasteiger partial charge on any atom is 0.108 e. The van der Waals surface area contributed by atoms with Gasteiger partial charge in [0.15, 0.2) is 0 Å². The Bertz CT molecular complexity index is 684. The van der Waals surface area contributed by atoms with Gasteiger partial charge in [0.1, 0.15) is 6.10 Å². The number of aliphatic hydroxyl groups is 1. The molecule has 1 saturated heterocycles. The largest absolute Gasteiger partial charge is 0.389 e. The topological polar surface area (TPSA) is 32.7 Å². The fraction of sp³-hybridized carbons (Fsp3) is 0.500. The van der Waals surface area contributed by atoms with Crippen LogP contribution in [0.4, 0.5) is 0 Å². The fourth-order valence-electron chi connectivity index (χ4n) is 4.07. The zero-order chi connectivity index (χ0) is 19.2. The van der Waals surface area contributed by atoms with Gasteiger partial charge < -0.3 is 9.84 Å². The predicted octanol–water partition coefficient (Wildman–Crippen LogP) is 4.64. The number of nitrogens with zero attached hydrogens (tertiary/aromatic N) is 1. The summed E-state index contributed by atoms with van der Waals surface area (Å²) in [6, 6.07) is 17.3. The summed E-state index contributed by atoms with van der Waals surface area (Å²) in [6.07, 6.45) is 3.13. The SMILES string of the molecule is Cc1ccccc1C(OC[C@H](O)CN1CCCC[C@H]1C)c1ccccc1C. The smallest absolute Gasteiger partial charge is 0.108 e. The molecule has 0 amide bonds. The zero-order valence-electron chi connectivity index (χ0n) is 16.9. The first-order valence-electron chi connectivity index (χ1n) is 10.2. The van der Waals surface area contributed by atoms with Crippen LogP contribution in [0.25, 0.3) is 0 Å². The van der Waals surface area contributed by atoms with Crippen molar-refractivity contribution in [2.24, 2.45) is 0 Å². The van der Waals surface area contributed by atoms with E-state index in [2.05, 4.69) is 74.2 Å². The van der Waals surface area contributed by atoms with E-state index in [1.54, 1.807) is 0 Å². The summed E-state index contributed by atoms with van der Waals surface area (Å²) in [5.41, 5.74) is 4.77. The van der Waals surface area contributed by atoms with E-state index in [0.717, 1.165) is 6.54 Å². The molecule has 0 spiro atoms. The molecule has 0 unspecified atom stereocenters. The van der Waals surface area contributed by atoms with Crippen LogP contribution in [-0.2, 0) is 4.74 Å². The number of likely N-dealkylation sites (tertiary alicyclic amines) is 1. The van der Waals surface area contributed by atoms with E-state index in [1.807, 2.05) is 0 Å². The number of aryl methyl sites for hydroxylation is 2. The number of aliphatic hydroxyl groups excluding tert-OH is 1. The molecule has 3 nitrogen and oxygen atoms in total. The van der Waals surface area contributed by atoms with Crippen molar-refractivity contribution in [2.45, 2.75) is 58.3 Å². The van der Waals surface area contributed by atoms with E-state index in [0.29, 0.717) is 19.2 Å². The molecule has 2 atom stereocenters. The van der Waals surface area contributed by atoms with Gasteiger partial charge in [0.25, 0.3) is 0 Å². The summed E-state index contributed by atoms with van der Waals surface area (Å²) >= 11 is 0. The Balaban J connectivity index is 1.72. The number of hydrogen-bond acceptors (Lipinski definition) is 3. The number of benzene rings is 2. The second-order valence-corrected chi connectivity index (χ2v) is 7.92. The Morgan fingerprint density at radius 1 is 1.00 bits per heavy atom. The monoisotopic (exact) mass is 367 g/mol. The Morgan fingerprint density at radius 3 is 2.15 bits per heavy atom. The summed E-state index contributed by atoms with van der Waals surface area (Å²) in [4.78, 5) is 2.40. The minimum Gasteiger partial charge on any atom is -0.389 e. The van der Waals surface area contributed by atoms with Crippen LogP contribution in [0.2, 0.25) is 0 Å². The van der Waals surface area contributed by atoms with Crippen LogP contribution in [0.1, 0.15) is 54.5 Å². The first-order valence-corrected chi connectivity index (χ1v) is 10.2. The molecule has 0 radical (unpaired) electrons. The molecule has 2 aromatic rings. The number of piperidine rings is 1. The first-order chi connectivity index (χ1) is 13.1. The lowest BCUT2D eigenvalue weighted by atomic mass is 9.94. The summed E-state index contributed by atoms with van der Waals surface area (Å²) in [5.74, 6) is 0.